The molecule has 30 heavy (non-hydrogen) atoms. The van der Waals surface area contributed by atoms with Crippen LogP contribution in [0, 0.1) is 0 Å². The minimum Gasteiger partial charge on any atom is -0.497 e. The number of piperazine rings is 1. The standard InChI is InChI=1S/C23H26Cl2N2O3/c1-30-19-6-2-5-18(14-19)16-23(29)27-12-10-26(11-13-27)22(28)7-3-4-17-8-9-20(24)21(25)15-17/h2,5-6,8-9,14-15H,3-4,7,10-13,16H2,1H3. The van der Waals surface area contributed by atoms with Gasteiger partial charge in [-0.25, -0.2) is 0 Å². The van der Waals surface area contributed by atoms with E-state index in [0.717, 1.165) is 29.7 Å². The Morgan fingerprint density at radius 3 is 2.27 bits per heavy atom. The number of amides is 2. The van der Waals surface area contributed by atoms with Crippen molar-refractivity contribution in [1.82, 2.24) is 9.80 Å². The fourth-order valence-electron chi connectivity index (χ4n) is 3.57. The van der Waals surface area contributed by atoms with Gasteiger partial charge in [0.1, 0.15) is 5.75 Å². The number of halogens is 2. The zero-order valence-electron chi connectivity index (χ0n) is 17.1. The van der Waals surface area contributed by atoms with E-state index in [1.165, 1.54) is 0 Å². The van der Waals surface area contributed by atoms with E-state index in [1.807, 2.05) is 46.2 Å². The van der Waals surface area contributed by atoms with E-state index in [4.69, 9.17) is 27.9 Å². The van der Waals surface area contributed by atoms with Crippen molar-refractivity contribution in [2.75, 3.05) is 33.3 Å². The Balaban J connectivity index is 1.41. The SMILES string of the molecule is COc1cccc(CC(=O)N2CCN(C(=O)CCCc3ccc(Cl)c(Cl)c3)CC2)c1. The molecular formula is C23H26Cl2N2O3. The van der Waals surface area contributed by atoms with Crippen LogP contribution in [-0.4, -0.2) is 54.9 Å². The molecule has 3 rings (SSSR count). The second-order valence-corrected chi connectivity index (χ2v) is 8.21. The molecule has 0 aliphatic carbocycles. The maximum atomic E-state index is 12.6. The molecule has 0 N–H and O–H groups in total. The molecule has 0 unspecified atom stereocenters. The summed E-state index contributed by atoms with van der Waals surface area (Å²) in [7, 11) is 1.61. The molecule has 160 valence electrons. The van der Waals surface area contributed by atoms with E-state index >= 15 is 0 Å². The summed E-state index contributed by atoms with van der Waals surface area (Å²) in [5.41, 5.74) is 2.00. The molecule has 2 aromatic rings. The van der Waals surface area contributed by atoms with Crippen molar-refractivity contribution in [2.45, 2.75) is 25.7 Å². The minimum atomic E-state index is 0.0787. The first-order valence-electron chi connectivity index (χ1n) is 10.1. The molecule has 1 aliphatic rings. The zero-order valence-corrected chi connectivity index (χ0v) is 18.6. The van der Waals surface area contributed by atoms with Gasteiger partial charge in [0, 0.05) is 32.6 Å². The third-order valence-corrected chi connectivity index (χ3v) is 6.05. The third kappa shape index (κ3) is 6.13. The van der Waals surface area contributed by atoms with Gasteiger partial charge in [0.25, 0.3) is 0 Å². The van der Waals surface area contributed by atoms with Crippen molar-refractivity contribution < 1.29 is 14.3 Å². The predicted octanol–water partition coefficient (Wildman–Crippen LogP) is 4.24. The molecule has 0 spiro atoms. The summed E-state index contributed by atoms with van der Waals surface area (Å²) in [5.74, 6) is 0.960. The molecule has 0 saturated carbocycles. The van der Waals surface area contributed by atoms with Gasteiger partial charge in [-0.15, -0.1) is 0 Å². The number of benzene rings is 2. The monoisotopic (exact) mass is 448 g/mol. The lowest BCUT2D eigenvalue weighted by Gasteiger charge is -2.35. The Kier molecular flexibility index (Phi) is 8.00. The van der Waals surface area contributed by atoms with Crippen LogP contribution in [0.4, 0.5) is 0 Å². The third-order valence-electron chi connectivity index (χ3n) is 5.31. The summed E-state index contributed by atoms with van der Waals surface area (Å²) in [6.07, 6.45) is 2.36. The summed E-state index contributed by atoms with van der Waals surface area (Å²) in [6, 6.07) is 13.1. The molecule has 1 saturated heterocycles. The van der Waals surface area contributed by atoms with Crippen molar-refractivity contribution in [1.29, 1.82) is 0 Å². The summed E-state index contributed by atoms with van der Waals surface area (Å²) >= 11 is 12.0. The second-order valence-electron chi connectivity index (χ2n) is 7.39. The molecule has 2 aromatic carbocycles. The molecule has 0 radical (unpaired) electrons. The van der Waals surface area contributed by atoms with Crippen molar-refractivity contribution in [3.05, 3.63) is 63.6 Å². The summed E-state index contributed by atoms with van der Waals surface area (Å²) in [5, 5.41) is 1.07. The van der Waals surface area contributed by atoms with E-state index in [2.05, 4.69) is 0 Å². The van der Waals surface area contributed by atoms with Crippen LogP contribution in [0.15, 0.2) is 42.5 Å². The number of ether oxygens (including phenoxy) is 1. The first-order valence-corrected chi connectivity index (χ1v) is 10.8. The second kappa shape index (κ2) is 10.7. The number of rotatable bonds is 7. The number of methoxy groups -OCH3 is 1. The number of carbonyl (C=O) groups is 2. The summed E-state index contributed by atoms with van der Waals surface area (Å²) in [6.45, 7) is 2.30. The van der Waals surface area contributed by atoms with Gasteiger partial charge >= 0.3 is 0 Å². The number of aryl methyl sites for hydroxylation is 1. The largest absolute Gasteiger partial charge is 0.497 e. The van der Waals surface area contributed by atoms with Gasteiger partial charge in [0.2, 0.25) is 11.8 Å². The first-order chi connectivity index (χ1) is 14.5. The van der Waals surface area contributed by atoms with Crippen LogP contribution in [0.3, 0.4) is 0 Å². The Bertz CT molecular complexity index is 896. The van der Waals surface area contributed by atoms with E-state index in [0.29, 0.717) is 49.1 Å². The number of nitrogens with zero attached hydrogens (tertiary/aromatic N) is 2. The highest BCUT2D eigenvalue weighted by Crippen LogP contribution is 2.23. The van der Waals surface area contributed by atoms with E-state index in [9.17, 15) is 9.59 Å². The quantitative estimate of drug-likeness (QED) is 0.636. The molecule has 0 atom stereocenters. The van der Waals surface area contributed by atoms with Gasteiger partial charge in [-0.2, -0.15) is 0 Å². The number of carbonyl (C=O) groups excluding carboxylic acids is 2. The van der Waals surface area contributed by atoms with Crippen LogP contribution in [0.5, 0.6) is 5.75 Å². The molecule has 0 aromatic heterocycles. The van der Waals surface area contributed by atoms with Crippen LogP contribution < -0.4 is 4.74 Å². The fourth-order valence-corrected chi connectivity index (χ4v) is 3.89. The van der Waals surface area contributed by atoms with Gasteiger partial charge in [0.05, 0.1) is 23.6 Å². The minimum absolute atomic E-state index is 0.0787. The fraction of sp³-hybridized carbons (Fsp3) is 0.391. The van der Waals surface area contributed by atoms with Crippen molar-refractivity contribution >= 4 is 35.0 Å². The summed E-state index contributed by atoms with van der Waals surface area (Å²) < 4.78 is 5.21. The molecule has 0 bridgehead atoms. The molecular weight excluding hydrogens is 423 g/mol. The average molecular weight is 449 g/mol. The maximum Gasteiger partial charge on any atom is 0.227 e. The van der Waals surface area contributed by atoms with Gasteiger partial charge < -0.3 is 14.5 Å². The van der Waals surface area contributed by atoms with Crippen molar-refractivity contribution in [3.8, 4) is 5.75 Å². The van der Waals surface area contributed by atoms with E-state index < -0.39 is 0 Å². The predicted molar refractivity (Wildman–Crippen MR) is 119 cm³/mol. The van der Waals surface area contributed by atoms with Gasteiger partial charge in [0.15, 0.2) is 0 Å². The Labute approximate surface area is 187 Å². The number of hydrogen-bond acceptors (Lipinski definition) is 3. The van der Waals surface area contributed by atoms with Gasteiger partial charge in [-0.3, -0.25) is 9.59 Å². The van der Waals surface area contributed by atoms with Gasteiger partial charge in [-0.1, -0.05) is 41.4 Å². The Morgan fingerprint density at radius 1 is 0.900 bits per heavy atom. The summed E-state index contributed by atoms with van der Waals surface area (Å²) in [4.78, 5) is 28.8. The van der Waals surface area contributed by atoms with Crippen LogP contribution in [0.25, 0.3) is 0 Å². The molecule has 7 heteroatoms. The van der Waals surface area contributed by atoms with E-state index in [-0.39, 0.29) is 11.8 Å². The normalized spacial score (nSPS) is 14.0. The number of hydrogen-bond donors (Lipinski definition) is 0. The highest BCUT2D eigenvalue weighted by atomic mass is 35.5. The molecule has 2 amide bonds. The molecule has 5 nitrogen and oxygen atoms in total. The van der Waals surface area contributed by atoms with Crippen LogP contribution in [0.1, 0.15) is 24.0 Å². The maximum absolute atomic E-state index is 12.6. The van der Waals surface area contributed by atoms with Crippen LogP contribution >= 0.6 is 23.2 Å². The Hall–Kier alpha value is -2.24. The zero-order chi connectivity index (χ0) is 21.5. The lowest BCUT2D eigenvalue weighted by atomic mass is 10.1. The Morgan fingerprint density at radius 2 is 1.60 bits per heavy atom. The highest BCUT2D eigenvalue weighted by Gasteiger charge is 2.24. The van der Waals surface area contributed by atoms with E-state index in [1.54, 1.807) is 13.2 Å². The molecule has 1 aliphatic heterocycles. The van der Waals surface area contributed by atoms with Gasteiger partial charge in [-0.05, 0) is 48.2 Å². The topological polar surface area (TPSA) is 49.9 Å². The highest BCUT2D eigenvalue weighted by molar-refractivity contribution is 6.42. The van der Waals surface area contributed by atoms with Crippen molar-refractivity contribution in [2.24, 2.45) is 0 Å². The van der Waals surface area contributed by atoms with Crippen molar-refractivity contribution in [3.63, 3.8) is 0 Å². The first kappa shape index (κ1) is 22.4. The lowest BCUT2D eigenvalue weighted by molar-refractivity contribution is -0.139. The molecule has 1 heterocycles. The van der Waals surface area contributed by atoms with Crippen LogP contribution in [-0.2, 0) is 22.4 Å². The molecule has 1 fully saturated rings. The smallest absolute Gasteiger partial charge is 0.227 e. The average Bonchev–Trinajstić information content (AvgIpc) is 2.76. The lowest BCUT2D eigenvalue weighted by Crippen LogP contribution is -2.51. The van der Waals surface area contributed by atoms with Crippen LogP contribution in [0.2, 0.25) is 10.0 Å².